The maximum atomic E-state index is 12.6. The molecule has 0 bridgehead atoms. The molecule has 5 nitrogen and oxygen atoms in total. The maximum absolute atomic E-state index is 12.6. The number of carbonyl (C=O) groups is 1. The number of nitrogens with zero attached hydrogens (tertiary/aromatic N) is 4. The van der Waals surface area contributed by atoms with E-state index in [0.717, 1.165) is 30.9 Å². The van der Waals surface area contributed by atoms with Crippen LogP contribution in [0.5, 0.6) is 0 Å². The van der Waals surface area contributed by atoms with Crippen LogP contribution in [0.3, 0.4) is 0 Å². The molecule has 1 amide bonds. The minimum Gasteiger partial charge on any atom is -0.340 e. The number of piperidine rings is 1. The van der Waals surface area contributed by atoms with Crippen molar-refractivity contribution in [2.75, 3.05) is 26.2 Å². The highest BCUT2D eigenvalue weighted by Gasteiger charge is 2.30. The third-order valence-corrected chi connectivity index (χ3v) is 5.25. The van der Waals surface area contributed by atoms with Crippen LogP contribution < -0.4 is 0 Å². The Morgan fingerprint density at radius 3 is 2.79 bits per heavy atom. The molecule has 126 valence electrons. The zero-order valence-corrected chi connectivity index (χ0v) is 14.0. The summed E-state index contributed by atoms with van der Waals surface area (Å²) in [5, 5.41) is 4.23. The Balaban J connectivity index is 1.37. The third kappa shape index (κ3) is 3.22. The number of piperazine rings is 1. The molecular formula is C19H24N4O. The van der Waals surface area contributed by atoms with Gasteiger partial charge in [0.25, 0.3) is 0 Å². The van der Waals surface area contributed by atoms with Gasteiger partial charge in [0.05, 0.1) is 12.1 Å². The van der Waals surface area contributed by atoms with Crippen molar-refractivity contribution in [1.29, 1.82) is 0 Å². The average Bonchev–Trinajstić information content (AvgIpc) is 3.16. The van der Waals surface area contributed by atoms with Gasteiger partial charge in [-0.15, -0.1) is 0 Å². The number of hydrogen-bond acceptors (Lipinski definition) is 3. The molecular weight excluding hydrogens is 300 g/mol. The standard InChI is InChI=1S/C19H24N4O/c24-19(22-13-12-21-10-2-1-4-18(21)15-22)14-16-5-7-17(8-6-16)23-11-3-9-20-23/h3,5-9,11,18H,1-2,4,10,12-15H2/t18-/m1/s1. The second-order valence-electron chi connectivity index (χ2n) is 6.82. The fourth-order valence-corrected chi connectivity index (χ4v) is 3.86. The predicted molar refractivity (Wildman–Crippen MR) is 93.1 cm³/mol. The fraction of sp³-hybridized carbons (Fsp3) is 0.474. The Morgan fingerprint density at radius 1 is 1.12 bits per heavy atom. The summed E-state index contributed by atoms with van der Waals surface area (Å²) >= 11 is 0. The number of amides is 1. The summed E-state index contributed by atoms with van der Waals surface area (Å²) in [4.78, 5) is 17.3. The van der Waals surface area contributed by atoms with Crippen molar-refractivity contribution < 1.29 is 4.79 Å². The predicted octanol–water partition coefficient (Wildman–Crippen LogP) is 2.11. The SMILES string of the molecule is O=C(Cc1ccc(-n2cccn2)cc1)N1CCN2CCCC[C@@H]2C1. The molecule has 0 N–H and O–H groups in total. The van der Waals surface area contributed by atoms with E-state index in [9.17, 15) is 4.79 Å². The lowest BCUT2D eigenvalue weighted by Gasteiger charge is -2.44. The number of rotatable bonds is 3. The van der Waals surface area contributed by atoms with Crippen molar-refractivity contribution in [2.45, 2.75) is 31.7 Å². The first kappa shape index (κ1) is 15.4. The second kappa shape index (κ2) is 6.77. The summed E-state index contributed by atoms with van der Waals surface area (Å²) in [7, 11) is 0. The summed E-state index contributed by atoms with van der Waals surface area (Å²) in [6, 6.07) is 10.6. The molecule has 1 aromatic carbocycles. The summed E-state index contributed by atoms with van der Waals surface area (Å²) in [5.74, 6) is 0.257. The summed E-state index contributed by atoms with van der Waals surface area (Å²) in [6.07, 6.45) is 8.03. The number of fused-ring (bicyclic) bond motifs is 1. The quantitative estimate of drug-likeness (QED) is 0.868. The lowest BCUT2D eigenvalue weighted by atomic mass is 9.99. The van der Waals surface area contributed by atoms with Crippen LogP contribution in [0.2, 0.25) is 0 Å². The maximum Gasteiger partial charge on any atom is 0.227 e. The lowest BCUT2D eigenvalue weighted by Crippen LogP contribution is -2.56. The Morgan fingerprint density at radius 2 is 2.00 bits per heavy atom. The number of carbonyl (C=O) groups excluding carboxylic acids is 1. The minimum atomic E-state index is 0.257. The van der Waals surface area contributed by atoms with E-state index in [0.29, 0.717) is 12.5 Å². The van der Waals surface area contributed by atoms with Crippen LogP contribution in [0.25, 0.3) is 5.69 Å². The highest BCUT2D eigenvalue weighted by molar-refractivity contribution is 5.79. The Labute approximate surface area is 142 Å². The zero-order valence-electron chi connectivity index (χ0n) is 14.0. The van der Waals surface area contributed by atoms with E-state index >= 15 is 0 Å². The first-order valence-electron chi connectivity index (χ1n) is 8.90. The molecule has 5 heteroatoms. The lowest BCUT2D eigenvalue weighted by molar-refractivity contribution is -0.134. The van der Waals surface area contributed by atoms with Gasteiger partial charge in [-0.25, -0.2) is 4.68 Å². The van der Waals surface area contributed by atoms with Crippen molar-refractivity contribution in [1.82, 2.24) is 19.6 Å². The fourth-order valence-electron chi connectivity index (χ4n) is 3.86. The molecule has 2 fully saturated rings. The Bertz CT molecular complexity index is 680. The first-order chi connectivity index (χ1) is 11.8. The van der Waals surface area contributed by atoms with Crippen molar-refractivity contribution in [3.05, 3.63) is 48.3 Å². The molecule has 1 aromatic heterocycles. The summed E-state index contributed by atoms with van der Waals surface area (Å²) in [6.45, 7) is 4.03. The molecule has 0 radical (unpaired) electrons. The third-order valence-electron chi connectivity index (χ3n) is 5.25. The van der Waals surface area contributed by atoms with Gasteiger partial charge in [-0.1, -0.05) is 18.6 Å². The van der Waals surface area contributed by atoms with E-state index in [1.807, 2.05) is 41.2 Å². The monoisotopic (exact) mass is 324 g/mol. The molecule has 3 heterocycles. The van der Waals surface area contributed by atoms with Gasteiger partial charge in [0, 0.05) is 38.1 Å². The molecule has 0 aliphatic carbocycles. The zero-order chi connectivity index (χ0) is 16.4. The summed E-state index contributed by atoms with van der Waals surface area (Å²) < 4.78 is 1.83. The van der Waals surface area contributed by atoms with Crippen LogP contribution in [0.4, 0.5) is 0 Å². The molecule has 4 rings (SSSR count). The molecule has 0 spiro atoms. The van der Waals surface area contributed by atoms with Gasteiger partial charge in [0.1, 0.15) is 0 Å². The summed E-state index contributed by atoms with van der Waals surface area (Å²) in [5.41, 5.74) is 2.09. The Kier molecular flexibility index (Phi) is 4.34. The van der Waals surface area contributed by atoms with Crippen molar-refractivity contribution in [2.24, 2.45) is 0 Å². The molecule has 0 saturated carbocycles. The van der Waals surface area contributed by atoms with Crippen LogP contribution in [-0.2, 0) is 11.2 Å². The van der Waals surface area contributed by atoms with E-state index in [1.165, 1.54) is 25.8 Å². The van der Waals surface area contributed by atoms with Gasteiger partial charge in [0.2, 0.25) is 5.91 Å². The largest absolute Gasteiger partial charge is 0.340 e. The van der Waals surface area contributed by atoms with Crippen LogP contribution in [-0.4, -0.2) is 57.7 Å². The van der Waals surface area contributed by atoms with E-state index in [2.05, 4.69) is 14.9 Å². The second-order valence-corrected chi connectivity index (χ2v) is 6.82. The molecule has 24 heavy (non-hydrogen) atoms. The van der Waals surface area contributed by atoms with Crippen LogP contribution in [0.15, 0.2) is 42.7 Å². The highest BCUT2D eigenvalue weighted by Crippen LogP contribution is 2.21. The van der Waals surface area contributed by atoms with Gasteiger partial charge < -0.3 is 4.90 Å². The van der Waals surface area contributed by atoms with Crippen molar-refractivity contribution >= 4 is 5.91 Å². The average molecular weight is 324 g/mol. The first-order valence-corrected chi connectivity index (χ1v) is 8.90. The number of aromatic nitrogens is 2. The molecule has 2 saturated heterocycles. The van der Waals surface area contributed by atoms with E-state index in [1.54, 1.807) is 6.20 Å². The van der Waals surface area contributed by atoms with Crippen molar-refractivity contribution in [3.63, 3.8) is 0 Å². The van der Waals surface area contributed by atoms with E-state index < -0.39 is 0 Å². The molecule has 0 unspecified atom stereocenters. The van der Waals surface area contributed by atoms with Gasteiger partial charge in [0.15, 0.2) is 0 Å². The minimum absolute atomic E-state index is 0.257. The molecule has 1 atom stereocenters. The van der Waals surface area contributed by atoms with Gasteiger partial charge in [-0.3, -0.25) is 9.69 Å². The smallest absolute Gasteiger partial charge is 0.227 e. The van der Waals surface area contributed by atoms with E-state index in [-0.39, 0.29) is 5.91 Å². The van der Waals surface area contributed by atoms with Crippen LogP contribution in [0.1, 0.15) is 24.8 Å². The Hall–Kier alpha value is -2.14. The molecule has 2 aromatic rings. The topological polar surface area (TPSA) is 41.4 Å². The van der Waals surface area contributed by atoms with Crippen LogP contribution >= 0.6 is 0 Å². The number of hydrogen-bond donors (Lipinski definition) is 0. The normalized spacial score (nSPS) is 21.5. The number of benzene rings is 1. The van der Waals surface area contributed by atoms with Gasteiger partial charge in [-0.2, -0.15) is 5.10 Å². The highest BCUT2D eigenvalue weighted by atomic mass is 16.2. The van der Waals surface area contributed by atoms with Crippen molar-refractivity contribution in [3.8, 4) is 5.69 Å². The van der Waals surface area contributed by atoms with Crippen LogP contribution in [0, 0.1) is 0 Å². The molecule has 2 aliphatic rings. The van der Waals surface area contributed by atoms with Gasteiger partial charge in [-0.05, 0) is 43.1 Å². The molecule has 2 aliphatic heterocycles. The van der Waals surface area contributed by atoms with E-state index in [4.69, 9.17) is 0 Å². The van der Waals surface area contributed by atoms with Gasteiger partial charge >= 0.3 is 0 Å².